The Morgan fingerprint density at radius 3 is 2.75 bits per heavy atom. The van der Waals surface area contributed by atoms with E-state index in [9.17, 15) is 0 Å². The zero-order valence-electron chi connectivity index (χ0n) is 14.6. The minimum absolute atomic E-state index is 0.481. The Bertz CT molecular complexity index is 806. The number of aromatic nitrogens is 3. The summed E-state index contributed by atoms with van der Waals surface area (Å²) in [4.78, 5) is 10.2. The molecule has 0 unspecified atom stereocenters. The van der Waals surface area contributed by atoms with Gasteiger partial charge in [-0.2, -0.15) is 0 Å². The van der Waals surface area contributed by atoms with Gasteiger partial charge in [-0.25, -0.2) is 9.97 Å². The lowest BCUT2D eigenvalue weighted by molar-refractivity contribution is 0.270. The smallest absolute Gasteiger partial charge is 0.143 e. The third kappa shape index (κ3) is 3.51. The van der Waals surface area contributed by atoms with Crippen molar-refractivity contribution in [1.29, 1.82) is 0 Å². The van der Waals surface area contributed by atoms with Crippen LogP contribution in [-0.4, -0.2) is 21.1 Å². The second-order valence-electron chi connectivity index (χ2n) is 6.24. The Morgan fingerprint density at radius 2 is 2.12 bits per heavy atom. The standard InChI is InChI=1S/C19H23N3OS/c1-5-18-14(4)21-19(24-18)15-6-7-17(23-11-13(2)3)16(10-15)22-9-8-20-12-22/h6-10,12-13H,5,11H2,1-4H3. The van der Waals surface area contributed by atoms with Crippen molar-refractivity contribution in [2.45, 2.75) is 34.1 Å². The van der Waals surface area contributed by atoms with Crippen LogP contribution in [-0.2, 0) is 6.42 Å². The fourth-order valence-corrected chi connectivity index (χ4v) is 3.51. The molecule has 24 heavy (non-hydrogen) atoms. The van der Waals surface area contributed by atoms with E-state index in [-0.39, 0.29) is 0 Å². The van der Waals surface area contributed by atoms with E-state index in [1.165, 1.54) is 4.88 Å². The average molecular weight is 341 g/mol. The molecule has 0 radical (unpaired) electrons. The minimum atomic E-state index is 0.481. The van der Waals surface area contributed by atoms with Gasteiger partial charge >= 0.3 is 0 Å². The van der Waals surface area contributed by atoms with Crippen molar-refractivity contribution < 1.29 is 4.74 Å². The van der Waals surface area contributed by atoms with E-state index in [1.54, 1.807) is 23.9 Å². The van der Waals surface area contributed by atoms with Gasteiger partial charge in [0.2, 0.25) is 0 Å². The Labute approximate surface area is 147 Å². The van der Waals surface area contributed by atoms with Gasteiger partial charge in [0, 0.05) is 22.8 Å². The largest absolute Gasteiger partial charge is 0.491 e. The first-order valence-corrected chi connectivity index (χ1v) is 9.12. The second-order valence-corrected chi connectivity index (χ2v) is 7.32. The summed E-state index contributed by atoms with van der Waals surface area (Å²) in [7, 11) is 0. The van der Waals surface area contributed by atoms with E-state index in [0.29, 0.717) is 12.5 Å². The molecule has 3 rings (SSSR count). The monoisotopic (exact) mass is 341 g/mol. The number of benzene rings is 1. The van der Waals surface area contributed by atoms with Crippen molar-refractivity contribution in [3.63, 3.8) is 0 Å². The Balaban J connectivity index is 2.01. The average Bonchev–Trinajstić information content (AvgIpc) is 3.22. The van der Waals surface area contributed by atoms with Gasteiger partial charge in [0.25, 0.3) is 0 Å². The highest BCUT2D eigenvalue weighted by atomic mass is 32.1. The molecule has 0 aliphatic heterocycles. The summed E-state index contributed by atoms with van der Waals surface area (Å²) in [6.07, 6.45) is 6.53. The second kappa shape index (κ2) is 7.18. The number of thiazole rings is 1. The van der Waals surface area contributed by atoms with Crippen LogP contribution in [0.1, 0.15) is 31.3 Å². The van der Waals surface area contributed by atoms with E-state index >= 15 is 0 Å². The highest BCUT2D eigenvalue weighted by Crippen LogP contribution is 2.33. The van der Waals surface area contributed by atoms with Gasteiger partial charge in [-0.15, -0.1) is 11.3 Å². The topological polar surface area (TPSA) is 39.9 Å². The van der Waals surface area contributed by atoms with Crippen molar-refractivity contribution >= 4 is 11.3 Å². The number of ether oxygens (including phenoxy) is 1. The number of rotatable bonds is 6. The maximum Gasteiger partial charge on any atom is 0.143 e. The summed E-state index contributed by atoms with van der Waals surface area (Å²) in [5.41, 5.74) is 3.24. The number of hydrogen-bond acceptors (Lipinski definition) is 4. The lowest BCUT2D eigenvalue weighted by Gasteiger charge is -2.14. The van der Waals surface area contributed by atoms with Gasteiger partial charge in [0.05, 0.1) is 24.3 Å². The molecule has 0 atom stereocenters. The van der Waals surface area contributed by atoms with Gasteiger partial charge in [-0.1, -0.05) is 20.8 Å². The van der Waals surface area contributed by atoms with Crippen molar-refractivity contribution in [2.24, 2.45) is 5.92 Å². The molecule has 5 heteroatoms. The molecule has 0 N–H and O–H groups in total. The van der Waals surface area contributed by atoms with Crippen molar-refractivity contribution in [1.82, 2.24) is 14.5 Å². The summed E-state index contributed by atoms with van der Waals surface area (Å²) >= 11 is 1.77. The molecule has 0 amide bonds. The predicted molar refractivity (Wildman–Crippen MR) is 99.1 cm³/mol. The third-order valence-electron chi connectivity index (χ3n) is 3.77. The molecule has 0 saturated heterocycles. The molecule has 0 saturated carbocycles. The molecular weight excluding hydrogens is 318 g/mol. The van der Waals surface area contributed by atoms with Crippen LogP contribution < -0.4 is 4.74 Å². The lowest BCUT2D eigenvalue weighted by atomic mass is 10.2. The van der Waals surface area contributed by atoms with E-state index in [4.69, 9.17) is 9.72 Å². The first kappa shape index (κ1) is 16.7. The summed E-state index contributed by atoms with van der Waals surface area (Å²) in [5.74, 6) is 1.35. The van der Waals surface area contributed by atoms with Crippen LogP contribution in [0.25, 0.3) is 16.3 Å². The zero-order valence-corrected chi connectivity index (χ0v) is 15.4. The lowest BCUT2D eigenvalue weighted by Crippen LogP contribution is -2.07. The number of aryl methyl sites for hydroxylation is 2. The van der Waals surface area contributed by atoms with E-state index in [0.717, 1.165) is 34.1 Å². The van der Waals surface area contributed by atoms with Crippen LogP contribution in [0.5, 0.6) is 5.75 Å². The maximum atomic E-state index is 6.00. The molecule has 0 fully saturated rings. The van der Waals surface area contributed by atoms with Crippen molar-refractivity contribution in [3.05, 3.63) is 47.5 Å². The summed E-state index contributed by atoms with van der Waals surface area (Å²) in [6.45, 7) is 9.24. The van der Waals surface area contributed by atoms with Gasteiger partial charge in [-0.05, 0) is 37.5 Å². The van der Waals surface area contributed by atoms with Gasteiger partial charge < -0.3 is 9.30 Å². The van der Waals surface area contributed by atoms with E-state index in [2.05, 4.69) is 44.8 Å². The van der Waals surface area contributed by atoms with Crippen LogP contribution in [0, 0.1) is 12.8 Å². The summed E-state index contributed by atoms with van der Waals surface area (Å²) in [5, 5.41) is 1.06. The molecule has 0 aliphatic carbocycles. The highest BCUT2D eigenvalue weighted by molar-refractivity contribution is 7.15. The summed E-state index contributed by atoms with van der Waals surface area (Å²) < 4.78 is 7.98. The predicted octanol–water partition coefficient (Wildman–Crippen LogP) is 4.90. The fraction of sp³-hybridized carbons (Fsp3) is 0.368. The first-order valence-electron chi connectivity index (χ1n) is 8.30. The quantitative estimate of drug-likeness (QED) is 0.640. The fourth-order valence-electron chi connectivity index (χ4n) is 2.51. The normalized spacial score (nSPS) is 11.2. The number of nitrogens with zero attached hydrogens (tertiary/aromatic N) is 3. The molecular formula is C19H23N3OS. The molecule has 1 aromatic carbocycles. The Kier molecular flexibility index (Phi) is 5.00. The van der Waals surface area contributed by atoms with Gasteiger partial charge in [0.15, 0.2) is 0 Å². The Morgan fingerprint density at radius 1 is 1.29 bits per heavy atom. The SMILES string of the molecule is CCc1sc(-c2ccc(OCC(C)C)c(-n3ccnc3)c2)nc1C. The maximum absolute atomic E-state index is 6.00. The third-order valence-corrected chi connectivity index (χ3v) is 5.13. The molecule has 126 valence electrons. The van der Waals surface area contributed by atoms with Crippen molar-refractivity contribution in [2.75, 3.05) is 6.61 Å². The molecule has 2 heterocycles. The number of imidazole rings is 1. The van der Waals surface area contributed by atoms with Gasteiger partial charge in [0.1, 0.15) is 10.8 Å². The van der Waals surface area contributed by atoms with Crippen LogP contribution in [0.3, 0.4) is 0 Å². The van der Waals surface area contributed by atoms with Crippen LogP contribution in [0.2, 0.25) is 0 Å². The molecule has 2 aromatic heterocycles. The van der Waals surface area contributed by atoms with Crippen LogP contribution >= 0.6 is 11.3 Å². The van der Waals surface area contributed by atoms with E-state index < -0.39 is 0 Å². The molecule has 0 bridgehead atoms. The van der Waals surface area contributed by atoms with Gasteiger partial charge in [-0.3, -0.25) is 0 Å². The Hall–Kier alpha value is -2.14. The zero-order chi connectivity index (χ0) is 17.1. The summed E-state index contributed by atoms with van der Waals surface area (Å²) in [6, 6.07) is 6.26. The molecule has 4 nitrogen and oxygen atoms in total. The van der Waals surface area contributed by atoms with E-state index in [1.807, 2.05) is 16.8 Å². The first-order chi connectivity index (χ1) is 11.6. The molecule has 0 aliphatic rings. The van der Waals surface area contributed by atoms with Crippen LogP contribution in [0.15, 0.2) is 36.9 Å². The minimum Gasteiger partial charge on any atom is -0.491 e. The van der Waals surface area contributed by atoms with Crippen LogP contribution in [0.4, 0.5) is 0 Å². The molecule has 3 aromatic rings. The highest BCUT2D eigenvalue weighted by Gasteiger charge is 2.13. The van der Waals surface area contributed by atoms with Crippen molar-refractivity contribution in [3.8, 4) is 22.0 Å². The molecule has 0 spiro atoms. The number of hydrogen-bond donors (Lipinski definition) is 0.